The fourth-order valence-corrected chi connectivity index (χ4v) is 5.32. The predicted molar refractivity (Wildman–Crippen MR) is 86.7 cm³/mol. The third kappa shape index (κ3) is 3.91. The SMILES string of the molecule is CC(CCNS(=O)(=O)c1sccc1Br)c1ccccc1. The van der Waals surface area contributed by atoms with Gasteiger partial charge in [0.25, 0.3) is 10.0 Å². The van der Waals surface area contributed by atoms with Crippen molar-refractivity contribution in [2.75, 3.05) is 6.54 Å². The van der Waals surface area contributed by atoms with Crippen LogP contribution in [-0.4, -0.2) is 15.0 Å². The van der Waals surface area contributed by atoms with E-state index in [1.54, 1.807) is 11.4 Å². The van der Waals surface area contributed by atoms with Gasteiger partial charge in [-0.25, -0.2) is 13.1 Å². The molecule has 2 rings (SSSR count). The van der Waals surface area contributed by atoms with Gasteiger partial charge < -0.3 is 0 Å². The van der Waals surface area contributed by atoms with Crippen molar-refractivity contribution in [2.45, 2.75) is 23.5 Å². The summed E-state index contributed by atoms with van der Waals surface area (Å²) in [5.74, 6) is 0.325. The normalized spacial score (nSPS) is 13.3. The van der Waals surface area contributed by atoms with E-state index in [4.69, 9.17) is 0 Å². The van der Waals surface area contributed by atoms with Gasteiger partial charge in [0.15, 0.2) is 0 Å². The van der Waals surface area contributed by atoms with Crippen LogP contribution in [0.2, 0.25) is 0 Å². The Morgan fingerprint density at radius 1 is 1.25 bits per heavy atom. The number of halogens is 1. The molecule has 1 aromatic carbocycles. The Bertz CT molecular complexity index is 653. The zero-order valence-corrected chi connectivity index (χ0v) is 14.3. The standard InChI is InChI=1S/C14H16BrNO2S2/c1-11(12-5-3-2-4-6-12)7-9-16-20(17,18)14-13(15)8-10-19-14/h2-6,8,10-11,16H,7,9H2,1H3. The van der Waals surface area contributed by atoms with E-state index in [2.05, 4.69) is 39.7 Å². The Kier molecular flexibility index (Phi) is 5.37. The van der Waals surface area contributed by atoms with Crippen molar-refractivity contribution in [3.05, 3.63) is 51.8 Å². The van der Waals surface area contributed by atoms with Crippen LogP contribution in [0.3, 0.4) is 0 Å². The summed E-state index contributed by atoms with van der Waals surface area (Å²) in [6, 6.07) is 11.8. The minimum absolute atomic E-state index is 0.325. The van der Waals surface area contributed by atoms with Crippen molar-refractivity contribution >= 4 is 37.3 Å². The van der Waals surface area contributed by atoms with Gasteiger partial charge in [-0.2, -0.15) is 0 Å². The first-order valence-corrected chi connectivity index (χ1v) is 9.44. The van der Waals surface area contributed by atoms with Gasteiger partial charge in [0, 0.05) is 11.0 Å². The lowest BCUT2D eigenvalue weighted by molar-refractivity contribution is 0.574. The first-order chi connectivity index (χ1) is 9.50. The number of thiophene rings is 1. The van der Waals surface area contributed by atoms with Crippen LogP contribution in [0.4, 0.5) is 0 Å². The lowest BCUT2D eigenvalue weighted by atomic mass is 9.98. The molecule has 0 aliphatic heterocycles. The van der Waals surface area contributed by atoms with Gasteiger partial charge in [0.1, 0.15) is 4.21 Å². The van der Waals surface area contributed by atoms with E-state index in [0.717, 1.165) is 6.42 Å². The third-order valence-corrected chi connectivity index (χ3v) is 7.20. The maximum absolute atomic E-state index is 12.1. The minimum Gasteiger partial charge on any atom is -0.210 e. The molecule has 20 heavy (non-hydrogen) atoms. The molecule has 1 heterocycles. The number of hydrogen-bond acceptors (Lipinski definition) is 3. The summed E-state index contributed by atoms with van der Waals surface area (Å²) in [4.78, 5) is 0. The maximum Gasteiger partial charge on any atom is 0.251 e. The van der Waals surface area contributed by atoms with E-state index < -0.39 is 10.0 Å². The van der Waals surface area contributed by atoms with Gasteiger partial charge in [0.05, 0.1) is 0 Å². The Morgan fingerprint density at radius 3 is 2.55 bits per heavy atom. The van der Waals surface area contributed by atoms with Crippen molar-refractivity contribution < 1.29 is 8.42 Å². The Morgan fingerprint density at radius 2 is 1.95 bits per heavy atom. The topological polar surface area (TPSA) is 46.2 Å². The average molecular weight is 374 g/mol. The average Bonchev–Trinajstić information content (AvgIpc) is 2.86. The van der Waals surface area contributed by atoms with Crippen molar-refractivity contribution in [3.8, 4) is 0 Å². The molecule has 1 atom stereocenters. The molecular weight excluding hydrogens is 358 g/mol. The number of rotatable bonds is 6. The summed E-state index contributed by atoms with van der Waals surface area (Å²) in [6.07, 6.45) is 0.770. The van der Waals surface area contributed by atoms with Crippen LogP contribution < -0.4 is 4.72 Å². The van der Waals surface area contributed by atoms with Crippen LogP contribution in [-0.2, 0) is 10.0 Å². The van der Waals surface area contributed by atoms with Gasteiger partial charge in [0.2, 0.25) is 0 Å². The number of sulfonamides is 1. The molecule has 0 amide bonds. The van der Waals surface area contributed by atoms with Gasteiger partial charge >= 0.3 is 0 Å². The van der Waals surface area contributed by atoms with E-state index >= 15 is 0 Å². The number of hydrogen-bond donors (Lipinski definition) is 1. The highest BCUT2D eigenvalue weighted by atomic mass is 79.9. The lowest BCUT2D eigenvalue weighted by Gasteiger charge is -2.12. The van der Waals surface area contributed by atoms with Crippen LogP contribution in [0, 0.1) is 0 Å². The second-order valence-electron chi connectivity index (χ2n) is 4.55. The molecule has 1 aromatic heterocycles. The Balaban J connectivity index is 1.92. The Labute approximate surface area is 132 Å². The van der Waals surface area contributed by atoms with Gasteiger partial charge in [-0.05, 0) is 45.3 Å². The molecule has 2 aromatic rings. The molecule has 0 spiro atoms. The molecule has 108 valence electrons. The molecule has 3 nitrogen and oxygen atoms in total. The van der Waals surface area contributed by atoms with Gasteiger partial charge in [-0.1, -0.05) is 37.3 Å². The van der Waals surface area contributed by atoms with Crippen LogP contribution in [0.25, 0.3) is 0 Å². The minimum atomic E-state index is -3.40. The zero-order chi connectivity index (χ0) is 14.6. The summed E-state index contributed by atoms with van der Waals surface area (Å²) in [5, 5.41) is 1.76. The van der Waals surface area contributed by atoms with E-state index in [1.165, 1.54) is 16.9 Å². The highest BCUT2D eigenvalue weighted by molar-refractivity contribution is 9.10. The predicted octanol–water partition coefficient (Wildman–Crippen LogP) is 3.98. The van der Waals surface area contributed by atoms with Crippen molar-refractivity contribution in [3.63, 3.8) is 0 Å². The monoisotopic (exact) mass is 373 g/mol. The van der Waals surface area contributed by atoms with E-state index in [-0.39, 0.29) is 0 Å². The quantitative estimate of drug-likeness (QED) is 0.831. The van der Waals surface area contributed by atoms with Crippen LogP contribution >= 0.6 is 27.3 Å². The molecule has 0 radical (unpaired) electrons. The fourth-order valence-electron chi connectivity index (χ4n) is 1.90. The lowest BCUT2D eigenvalue weighted by Crippen LogP contribution is -2.25. The molecule has 0 saturated carbocycles. The first kappa shape index (κ1) is 15.7. The fraction of sp³-hybridized carbons (Fsp3) is 0.286. The van der Waals surface area contributed by atoms with Crippen LogP contribution in [0.15, 0.2) is 50.5 Å². The molecule has 0 fully saturated rings. The summed E-state index contributed by atoms with van der Waals surface area (Å²) in [6.45, 7) is 2.54. The molecular formula is C14H16BrNO2S2. The highest BCUT2D eigenvalue weighted by Gasteiger charge is 2.18. The van der Waals surface area contributed by atoms with Crippen LogP contribution in [0.5, 0.6) is 0 Å². The van der Waals surface area contributed by atoms with E-state index in [1.807, 2.05) is 18.2 Å². The summed E-state index contributed by atoms with van der Waals surface area (Å²) in [5.41, 5.74) is 1.23. The van der Waals surface area contributed by atoms with Gasteiger partial charge in [-0.15, -0.1) is 11.3 Å². The molecule has 0 aliphatic rings. The molecule has 0 saturated heterocycles. The summed E-state index contributed by atoms with van der Waals surface area (Å²) >= 11 is 4.47. The molecule has 1 unspecified atom stereocenters. The third-order valence-electron chi connectivity index (χ3n) is 3.07. The maximum atomic E-state index is 12.1. The number of benzene rings is 1. The molecule has 6 heteroatoms. The van der Waals surface area contributed by atoms with Crippen molar-refractivity contribution in [1.29, 1.82) is 0 Å². The zero-order valence-electron chi connectivity index (χ0n) is 11.0. The number of nitrogens with one attached hydrogen (secondary N) is 1. The van der Waals surface area contributed by atoms with Gasteiger partial charge in [-0.3, -0.25) is 0 Å². The van der Waals surface area contributed by atoms with Crippen molar-refractivity contribution in [2.24, 2.45) is 0 Å². The van der Waals surface area contributed by atoms with E-state index in [9.17, 15) is 8.42 Å². The van der Waals surface area contributed by atoms with Crippen molar-refractivity contribution in [1.82, 2.24) is 4.72 Å². The molecule has 1 N–H and O–H groups in total. The van der Waals surface area contributed by atoms with Crippen LogP contribution in [0.1, 0.15) is 24.8 Å². The second-order valence-corrected chi connectivity index (χ2v) is 8.29. The Hall–Kier alpha value is -0.690. The summed E-state index contributed by atoms with van der Waals surface area (Å²) < 4.78 is 27.8. The summed E-state index contributed by atoms with van der Waals surface area (Å²) in [7, 11) is -3.40. The first-order valence-electron chi connectivity index (χ1n) is 6.28. The smallest absolute Gasteiger partial charge is 0.210 e. The largest absolute Gasteiger partial charge is 0.251 e. The second kappa shape index (κ2) is 6.85. The highest BCUT2D eigenvalue weighted by Crippen LogP contribution is 2.27. The molecule has 0 aliphatic carbocycles. The van der Waals surface area contributed by atoms with E-state index in [0.29, 0.717) is 21.1 Å². The molecule has 0 bridgehead atoms.